The van der Waals surface area contributed by atoms with Gasteiger partial charge in [0.25, 0.3) is 0 Å². The van der Waals surface area contributed by atoms with Gasteiger partial charge in [0.2, 0.25) is 0 Å². The summed E-state index contributed by atoms with van der Waals surface area (Å²) in [4.78, 5) is 0. The van der Waals surface area contributed by atoms with Gasteiger partial charge in [0, 0.05) is 11.4 Å². The first kappa shape index (κ1) is 15.5. The SMILES string of the molecule is CCC(C)c1ccc(NC(=S)Nc2cccc(C)c2)cc1. The average molecular weight is 298 g/mol. The maximum Gasteiger partial charge on any atom is 0.175 e. The number of benzene rings is 2. The van der Waals surface area contributed by atoms with E-state index in [-0.39, 0.29) is 0 Å². The van der Waals surface area contributed by atoms with Crippen LogP contribution in [0.3, 0.4) is 0 Å². The summed E-state index contributed by atoms with van der Waals surface area (Å²) in [6.07, 6.45) is 1.15. The fourth-order valence-electron chi connectivity index (χ4n) is 2.15. The molecule has 1 atom stereocenters. The lowest BCUT2D eigenvalue weighted by atomic mass is 9.99. The van der Waals surface area contributed by atoms with Gasteiger partial charge in [-0.1, -0.05) is 38.1 Å². The summed E-state index contributed by atoms with van der Waals surface area (Å²) in [7, 11) is 0. The second-order valence-electron chi connectivity index (χ2n) is 5.38. The van der Waals surface area contributed by atoms with Gasteiger partial charge in [0.05, 0.1) is 0 Å². The van der Waals surface area contributed by atoms with E-state index < -0.39 is 0 Å². The van der Waals surface area contributed by atoms with Crippen molar-refractivity contribution in [1.29, 1.82) is 0 Å². The Kier molecular flexibility index (Phi) is 5.34. The molecule has 0 spiro atoms. The third-order valence-corrected chi connectivity index (χ3v) is 3.83. The normalized spacial score (nSPS) is 11.8. The van der Waals surface area contributed by atoms with Gasteiger partial charge in [0.15, 0.2) is 5.11 Å². The Balaban J connectivity index is 1.96. The van der Waals surface area contributed by atoms with Crippen LogP contribution in [0.15, 0.2) is 48.5 Å². The third-order valence-electron chi connectivity index (χ3n) is 3.63. The highest BCUT2D eigenvalue weighted by Crippen LogP contribution is 2.20. The van der Waals surface area contributed by atoms with Gasteiger partial charge in [-0.05, 0) is 66.9 Å². The van der Waals surface area contributed by atoms with E-state index in [1.165, 1.54) is 11.1 Å². The molecule has 2 aromatic rings. The molecule has 0 aliphatic carbocycles. The molecule has 3 heteroatoms. The highest BCUT2D eigenvalue weighted by molar-refractivity contribution is 7.80. The average Bonchev–Trinajstić information content (AvgIpc) is 2.47. The lowest BCUT2D eigenvalue weighted by Crippen LogP contribution is -2.19. The second kappa shape index (κ2) is 7.23. The number of nitrogens with one attached hydrogen (secondary N) is 2. The predicted octanol–water partition coefficient (Wildman–Crippen LogP) is 5.32. The number of anilines is 2. The Labute approximate surface area is 132 Å². The molecule has 0 aliphatic rings. The number of hydrogen-bond acceptors (Lipinski definition) is 1. The van der Waals surface area contributed by atoms with Crippen LogP contribution in [0.1, 0.15) is 37.3 Å². The lowest BCUT2D eigenvalue weighted by molar-refractivity contribution is 0.734. The van der Waals surface area contributed by atoms with Crippen LogP contribution in [-0.4, -0.2) is 5.11 Å². The number of rotatable bonds is 4. The fourth-order valence-corrected chi connectivity index (χ4v) is 2.38. The fraction of sp³-hybridized carbons (Fsp3) is 0.278. The number of hydrogen-bond donors (Lipinski definition) is 2. The van der Waals surface area contributed by atoms with Crippen LogP contribution in [0, 0.1) is 6.92 Å². The van der Waals surface area contributed by atoms with Crippen LogP contribution in [-0.2, 0) is 0 Å². The number of aryl methyl sites for hydroxylation is 1. The van der Waals surface area contributed by atoms with Crippen LogP contribution < -0.4 is 10.6 Å². The summed E-state index contributed by atoms with van der Waals surface area (Å²) in [5.41, 5.74) is 4.58. The highest BCUT2D eigenvalue weighted by Gasteiger charge is 2.03. The molecule has 2 rings (SSSR count). The van der Waals surface area contributed by atoms with E-state index in [0.29, 0.717) is 11.0 Å². The summed E-state index contributed by atoms with van der Waals surface area (Å²) < 4.78 is 0. The zero-order chi connectivity index (χ0) is 15.2. The van der Waals surface area contributed by atoms with Gasteiger partial charge >= 0.3 is 0 Å². The van der Waals surface area contributed by atoms with E-state index in [9.17, 15) is 0 Å². The predicted molar refractivity (Wildman–Crippen MR) is 96.2 cm³/mol. The van der Waals surface area contributed by atoms with E-state index in [4.69, 9.17) is 12.2 Å². The molecule has 21 heavy (non-hydrogen) atoms. The van der Waals surface area contributed by atoms with Crippen LogP contribution in [0.5, 0.6) is 0 Å². The van der Waals surface area contributed by atoms with E-state index >= 15 is 0 Å². The van der Waals surface area contributed by atoms with Crippen molar-refractivity contribution in [3.05, 3.63) is 59.7 Å². The molecule has 0 heterocycles. The Morgan fingerprint density at radius 3 is 2.33 bits per heavy atom. The van der Waals surface area contributed by atoms with Crippen molar-refractivity contribution in [3.8, 4) is 0 Å². The molecule has 2 nitrogen and oxygen atoms in total. The van der Waals surface area contributed by atoms with Crippen molar-refractivity contribution < 1.29 is 0 Å². The van der Waals surface area contributed by atoms with Crippen molar-refractivity contribution in [2.24, 2.45) is 0 Å². The largest absolute Gasteiger partial charge is 0.332 e. The molecule has 0 radical (unpaired) electrons. The molecule has 0 saturated heterocycles. The first-order valence-electron chi connectivity index (χ1n) is 7.33. The quantitative estimate of drug-likeness (QED) is 0.747. The van der Waals surface area contributed by atoms with E-state index in [0.717, 1.165) is 17.8 Å². The van der Waals surface area contributed by atoms with Gasteiger partial charge in [0.1, 0.15) is 0 Å². The van der Waals surface area contributed by atoms with Crippen molar-refractivity contribution in [3.63, 3.8) is 0 Å². The topological polar surface area (TPSA) is 24.1 Å². The van der Waals surface area contributed by atoms with Crippen molar-refractivity contribution in [2.75, 3.05) is 10.6 Å². The maximum absolute atomic E-state index is 5.35. The standard InChI is InChI=1S/C18H22N2S/c1-4-14(3)15-8-10-16(11-9-15)19-18(21)20-17-7-5-6-13(2)12-17/h5-12,14H,4H2,1-3H3,(H2,19,20,21). The highest BCUT2D eigenvalue weighted by atomic mass is 32.1. The molecule has 0 bridgehead atoms. The zero-order valence-corrected chi connectivity index (χ0v) is 13.6. The van der Waals surface area contributed by atoms with E-state index in [1.54, 1.807) is 0 Å². The Bertz CT molecular complexity index is 605. The molecule has 2 N–H and O–H groups in total. The van der Waals surface area contributed by atoms with Gasteiger partial charge in [-0.15, -0.1) is 0 Å². The van der Waals surface area contributed by atoms with Crippen LogP contribution >= 0.6 is 12.2 Å². The van der Waals surface area contributed by atoms with E-state index in [1.807, 2.05) is 12.1 Å². The van der Waals surface area contributed by atoms with Crippen LogP contribution in [0.25, 0.3) is 0 Å². The van der Waals surface area contributed by atoms with Crippen molar-refractivity contribution in [2.45, 2.75) is 33.1 Å². The Morgan fingerprint density at radius 2 is 1.71 bits per heavy atom. The number of thiocarbonyl (C=S) groups is 1. The molecular formula is C18H22N2S. The van der Waals surface area contributed by atoms with Gasteiger partial charge in [-0.3, -0.25) is 0 Å². The molecule has 110 valence electrons. The lowest BCUT2D eigenvalue weighted by Gasteiger charge is -2.13. The monoisotopic (exact) mass is 298 g/mol. The minimum absolute atomic E-state index is 0.594. The zero-order valence-electron chi connectivity index (χ0n) is 12.8. The Morgan fingerprint density at radius 1 is 1.05 bits per heavy atom. The molecule has 0 fully saturated rings. The smallest absolute Gasteiger partial charge is 0.175 e. The summed E-state index contributed by atoms with van der Waals surface area (Å²) in [6.45, 7) is 6.51. The minimum atomic E-state index is 0.594. The summed E-state index contributed by atoms with van der Waals surface area (Å²) in [6, 6.07) is 16.6. The molecule has 0 aromatic heterocycles. The minimum Gasteiger partial charge on any atom is -0.332 e. The van der Waals surface area contributed by atoms with Crippen LogP contribution in [0.2, 0.25) is 0 Å². The van der Waals surface area contributed by atoms with Crippen molar-refractivity contribution in [1.82, 2.24) is 0 Å². The second-order valence-corrected chi connectivity index (χ2v) is 5.79. The van der Waals surface area contributed by atoms with Crippen molar-refractivity contribution >= 4 is 28.7 Å². The molecule has 1 unspecified atom stereocenters. The molecule has 0 amide bonds. The van der Waals surface area contributed by atoms with E-state index in [2.05, 4.69) is 67.8 Å². The first-order chi connectivity index (χ1) is 10.1. The summed E-state index contributed by atoms with van der Waals surface area (Å²) in [5, 5.41) is 7.02. The molecule has 2 aromatic carbocycles. The summed E-state index contributed by atoms with van der Waals surface area (Å²) in [5.74, 6) is 0.594. The van der Waals surface area contributed by atoms with Gasteiger partial charge < -0.3 is 10.6 Å². The molecule has 0 aliphatic heterocycles. The summed E-state index contributed by atoms with van der Waals surface area (Å²) >= 11 is 5.35. The van der Waals surface area contributed by atoms with Crippen LogP contribution in [0.4, 0.5) is 11.4 Å². The molecular weight excluding hydrogens is 276 g/mol. The Hall–Kier alpha value is -1.87. The first-order valence-corrected chi connectivity index (χ1v) is 7.74. The van der Waals surface area contributed by atoms with Gasteiger partial charge in [-0.2, -0.15) is 0 Å². The maximum atomic E-state index is 5.35. The third kappa shape index (κ3) is 4.57. The molecule has 0 saturated carbocycles. The van der Waals surface area contributed by atoms with Gasteiger partial charge in [-0.25, -0.2) is 0 Å².